The van der Waals surface area contributed by atoms with Crippen LogP contribution in [0.3, 0.4) is 0 Å². The van der Waals surface area contributed by atoms with E-state index in [-0.39, 0.29) is 23.8 Å². The van der Waals surface area contributed by atoms with Crippen LogP contribution >= 0.6 is 0 Å². The van der Waals surface area contributed by atoms with E-state index in [1.54, 1.807) is 19.1 Å². The van der Waals surface area contributed by atoms with Gasteiger partial charge in [-0.3, -0.25) is 0 Å². The van der Waals surface area contributed by atoms with Crippen molar-refractivity contribution in [1.29, 1.82) is 0 Å². The van der Waals surface area contributed by atoms with Crippen LogP contribution in [0.5, 0.6) is 11.5 Å². The molecule has 2 N–H and O–H groups in total. The molecule has 1 aliphatic heterocycles. The van der Waals surface area contributed by atoms with Gasteiger partial charge in [-0.2, -0.15) is 0 Å². The van der Waals surface area contributed by atoms with Crippen LogP contribution < -0.4 is 9.64 Å². The number of hydrogen-bond acceptors (Lipinski definition) is 6. The lowest BCUT2D eigenvalue weighted by Gasteiger charge is -2.33. The fourth-order valence-corrected chi connectivity index (χ4v) is 4.08. The van der Waals surface area contributed by atoms with Gasteiger partial charge in [0.1, 0.15) is 18.2 Å². The molecule has 4 rings (SSSR count). The van der Waals surface area contributed by atoms with E-state index in [1.165, 1.54) is 0 Å². The molecule has 1 aliphatic rings. The number of phenols is 1. The maximum atomic E-state index is 11.9. The van der Waals surface area contributed by atoms with Gasteiger partial charge in [0.15, 0.2) is 11.4 Å². The maximum Gasteiger partial charge on any atom is 0.358 e. The van der Waals surface area contributed by atoms with E-state index < -0.39 is 5.97 Å². The first kappa shape index (κ1) is 21.6. The van der Waals surface area contributed by atoms with E-state index in [1.807, 2.05) is 42.5 Å². The highest BCUT2D eigenvalue weighted by molar-refractivity contribution is 5.88. The third kappa shape index (κ3) is 5.17. The minimum atomic E-state index is -1.11. The summed E-state index contributed by atoms with van der Waals surface area (Å²) in [7, 11) is 0. The lowest BCUT2D eigenvalue weighted by molar-refractivity contribution is 0.0683. The molecule has 7 heteroatoms. The molecule has 1 aromatic heterocycles. The Morgan fingerprint density at radius 1 is 1.06 bits per heavy atom. The van der Waals surface area contributed by atoms with Crippen LogP contribution in [0.2, 0.25) is 0 Å². The summed E-state index contributed by atoms with van der Waals surface area (Å²) in [6.07, 6.45) is 2.58. The fraction of sp³-hybridized carbons (Fsp3) is 0.320. The molecular weight excluding hydrogens is 406 g/mol. The SMILES string of the molecule is Cc1nc(CC2CCN(c3ccc(O)cc3)CC2)nc(C(=O)O)c1OCc1ccccc1. The standard InChI is InChI=1S/C25H27N3O4/c1-17-24(32-16-19-5-3-2-4-6-19)23(25(30)31)27-22(26-17)15-18-11-13-28(14-12-18)20-7-9-21(29)10-8-20/h2-10,18,29H,11-16H2,1H3,(H,30,31). The quantitative estimate of drug-likeness (QED) is 0.576. The number of ether oxygens (including phenoxy) is 1. The van der Waals surface area contributed by atoms with E-state index in [0.717, 1.165) is 37.2 Å². The normalized spacial score (nSPS) is 14.3. The second-order valence-corrected chi connectivity index (χ2v) is 8.13. The Hall–Kier alpha value is -3.61. The summed E-state index contributed by atoms with van der Waals surface area (Å²) in [5, 5.41) is 19.2. The first-order valence-electron chi connectivity index (χ1n) is 10.8. The number of aromatic carboxylic acids is 1. The lowest BCUT2D eigenvalue weighted by atomic mass is 9.93. The van der Waals surface area contributed by atoms with Gasteiger partial charge in [-0.25, -0.2) is 14.8 Å². The number of carboxylic acid groups (broad SMARTS) is 1. The predicted molar refractivity (Wildman–Crippen MR) is 121 cm³/mol. The number of phenolic OH excluding ortho intramolecular Hbond substituents is 1. The van der Waals surface area contributed by atoms with Gasteiger partial charge >= 0.3 is 5.97 Å². The monoisotopic (exact) mass is 433 g/mol. The molecule has 166 valence electrons. The number of hydrogen-bond donors (Lipinski definition) is 2. The molecule has 0 atom stereocenters. The van der Waals surface area contributed by atoms with E-state index in [0.29, 0.717) is 23.9 Å². The van der Waals surface area contributed by atoms with E-state index in [9.17, 15) is 15.0 Å². The number of piperidine rings is 1. The Morgan fingerprint density at radius 2 is 1.75 bits per heavy atom. The molecule has 7 nitrogen and oxygen atoms in total. The molecular formula is C25H27N3O4. The minimum Gasteiger partial charge on any atom is -0.508 e. The zero-order chi connectivity index (χ0) is 22.5. The van der Waals surface area contributed by atoms with Crippen LogP contribution in [-0.2, 0) is 13.0 Å². The van der Waals surface area contributed by atoms with Crippen molar-refractivity contribution in [2.24, 2.45) is 5.92 Å². The van der Waals surface area contributed by atoms with Crippen molar-refractivity contribution in [3.05, 3.63) is 77.4 Å². The predicted octanol–water partition coefficient (Wildman–Crippen LogP) is 4.23. The van der Waals surface area contributed by atoms with E-state index in [4.69, 9.17) is 4.74 Å². The highest BCUT2D eigenvalue weighted by atomic mass is 16.5. The number of anilines is 1. The third-order valence-electron chi connectivity index (χ3n) is 5.81. The molecule has 0 unspecified atom stereocenters. The lowest BCUT2D eigenvalue weighted by Crippen LogP contribution is -2.34. The molecule has 3 aromatic rings. The zero-order valence-corrected chi connectivity index (χ0v) is 18.1. The third-order valence-corrected chi connectivity index (χ3v) is 5.81. The number of nitrogens with zero attached hydrogens (tertiary/aromatic N) is 3. The Labute approximate surface area is 187 Å². The molecule has 0 radical (unpaired) electrons. The first-order chi connectivity index (χ1) is 15.5. The first-order valence-corrected chi connectivity index (χ1v) is 10.8. The average Bonchev–Trinajstić information content (AvgIpc) is 2.80. The van der Waals surface area contributed by atoms with Gasteiger partial charge in [-0.05, 0) is 55.5 Å². The summed E-state index contributed by atoms with van der Waals surface area (Å²) in [5.74, 6) is 0.325. The largest absolute Gasteiger partial charge is 0.508 e. The second-order valence-electron chi connectivity index (χ2n) is 8.13. The Bertz CT molecular complexity index is 1060. The van der Waals surface area contributed by atoms with Gasteiger partial charge < -0.3 is 19.8 Å². The Kier molecular flexibility index (Phi) is 6.54. The van der Waals surface area contributed by atoms with E-state index in [2.05, 4.69) is 14.9 Å². The molecule has 1 fully saturated rings. The summed E-state index contributed by atoms with van der Waals surface area (Å²) < 4.78 is 5.80. The molecule has 0 aliphatic carbocycles. The van der Waals surface area contributed by atoms with Crippen molar-refractivity contribution < 1.29 is 19.7 Å². The molecule has 0 saturated carbocycles. The molecule has 32 heavy (non-hydrogen) atoms. The van der Waals surface area contributed by atoms with Gasteiger partial charge in [-0.15, -0.1) is 0 Å². The van der Waals surface area contributed by atoms with Crippen LogP contribution in [0.1, 0.15) is 40.4 Å². The molecule has 2 heterocycles. The van der Waals surface area contributed by atoms with Crippen molar-refractivity contribution in [3.63, 3.8) is 0 Å². The molecule has 2 aromatic carbocycles. The summed E-state index contributed by atoms with van der Waals surface area (Å²) in [6.45, 7) is 3.84. The van der Waals surface area contributed by atoms with Crippen molar-refractivity contribution >= 4 is 11.7 Å². The highest BCUT2D eigenvalue weighted by Gasteiger charge is 2.24. The fourth-order valence-electron chi connectivity index (χ4n) is 4.08. The molecule has 0 amide bonds. The molecule has 0 spiro atoms. The van der Waals surface area contributed by atoms with E-state index >= 15 is 0 Å². The zero-order valence-electron chi connectivity index (χ0n) is 18.1. The summed E-state index contributed by atoms with van der Waals surface area (Å²) in [6, 6.07) is 16.9. The number of aryl methyl sites for hydroxylation is 1. The summed E-state index contributed by atoms with van der Waals surface area (Å²) in [4.78, 5) is 23.1. The number of aromatic nitrogens is 2. The number of rotatable bonds is 7. The average molecular weight is 434 g/mol. The van der Waals surface area contributed by atoms with Gasteiger partial charge in [0.25, 0.3) is 0 Å². The molecule has 1 saturated heterocycles. The van der Waals surface area contributed by atoms with Crippen LogP contribution in [0.25, 0.3) is 0 Å². The smallest absolute Gasteiger partial charge is 0.358 e. The maximum absolute atomic E-state index is 11.9. The van der Waals surface area contributed by atoms with Crippen molar-refractivity contribution in [1.82, 2.24) is 9.97 Å². The topological polar surface area (TPSA) is 95.8 Å². The second kappa shape index (κ2) is 9.68. The number of aromatic hydroxyl groups is 1. The van der Waals surface area contributed by atoms with Crippen LogP contribution in [0, 0.1) is 12.8 Å². The van der Waals surface area contributed by atoms with Crippen LogP contribution in [0.4, 0.5) is 5.69 Å². The van der Waals surface area contributed by atoms with Crippen molar-refractivity contribution in [2.45, 2.75) is 32.8 Å². The van der Waals surface area contributed by atoms with Crippen molar-refractivity contribution in [3.8, 4) is 11.5 Å². The Balaban J connectivity index is 1.41. The van der Waals surface area contributed by atoms with Gasteiger partial charge in [-0.1, -0.05) is 30.3 Å². The summed E-state index contributed by atoms with van der Waals surface area (Å²) >= 11 is 0. The Morgan fingerprint density at radius 3 is 2.41 bits per heavy atom. The molecule has 0 bridgehead atoms. The van der Waals surface area contributed by atoms with Gasteiger partial charge in [0.05, 0.1) is 5.69 Å². The number of benzene rings is 2. The number of carbonyl (C=O) groups is 1. The highest BCUT2D eigenvalue weighted by Crippen LogP contribution is 2.28. The van der Waals surface area contributed by atoms with Crippen molar-refractivity contribution in [2.75, 3.05) is 18.0 Å². The summed E-state index contributed by atoms with van der Waals surface area (Å²) in [5.41, 5.74) is 2.52. The van der Waals surface area contributed by atoms with Crippen LogP contribution in [-0.4, -0.2) is 39.2 Å². The minimum absolute atomic E-state index is 0.0787. The van der Waals surface area contributed by atoms with Gasteiger partial charge in [0.2, 0.25) is 0 Å². The van der Waals surface area contributed by atoms with Gasteiger partial charge in [0, 0.05) is 25.2 Å². The van der Waals surface area contributed by atoms with Crippen LogP contribution in [0.15, 0.2) is 54.6 Å². The number of carboxylic acids is 1.